The Balaban J connectivity index is 4.52. The summed E-state index contributed by atoms with van der Waals surface area (Å²) >= 11 is 0. The van der Waals surface area contributed by atoms with E-state index in [0.29, 0.717) is 6.42 Å². The molecular weight excluding hydrogens is 172 g/mol. The number of rotatable bonds is 5. The molecule has 4 nitrogen and oxygen atoms in total. The Labute approximate surface area is 77.9 Å². The van der Waals surface area contributed by atoms with Crippen molar-refractivity contribution in [2.75, 3.05) is 7.11 Å². The summed E-state index contributed by atoms with van der Waals surface area (Å²) in [4.78, 5) is 21.9. The van der Waals surface area contributed by atoms with Crippen LogP contribution >= 0.6 is 0 Å². The van der Waals surface area contributed by atoms with E-state index < -0.39 is 17.4 Å². The molecule has 4 heteroatoms. The van der Waals surface area contributed by atoms with E-state index in [2.05, 4.69) is 4.74 Å². The van der Waals surface area contributed by atoms with Gasteiger partial charge in [0.2, 0.25) is 0 Å². The van der Waals surface area contributed by atoms with Crippen LogP contribution in [0.1, 0.15) is 33.1 Å². The van der Waals surface area contributed by atoms with Gasteiger partial charge in [0.25, 0.3) is 0 Å². The average Bonchev–Trinajstić information content (AvgIpc) is 2.12. The number of carbonyl (C=O) groups excluding carboxylic acids is 2. The standard InChI is InChI=1S/C9H16O4/c1-4-5-6-9(2,7(10)11)8(12)13-3/h4-6H2,1-3H3,(H,10,11)/p-1/t9-/m0/s1. The molecule has 0 aliphatic heterocycles. The summed E-state index contributed by atoms with van der Waals surface area (Å²) in [7, 11) is 1.18. The van der Waals surface area contributed by atoms with Gasteiger partial charge in [-0.1, -0.05) is 19.8 Å². The zero-order valence-electron chi connectivity index (χ0n) is 8.25. The van der Waals surface area contributed by atoms with E-state index in [9.17, 15) is 14.7 Å². The summed E-state index contributed by atoms with van der Waals surface area (Å²) in [6.07, 6.45) is 1.76. The van der Waals surface area contributed by atoms with Crippen LogP contribution in [0.4, 0.5) is 0 Å². The number of esters is 1. The van der Waals surface area contributed by atoms with Crippen LogP contribution in [0.25, 0.3) is 0 Å². The molecule has 13 heavy (non-hydrogen) atoms. The molecule has 0 N–H and O–H groups in total. The smallest absolute Gasteiger partial charge is 0.317 e. The van der Waals surface area contributed by atoms with E-state index in [-0.39, 0.29) is 6.42 Å². The topological polar surface area (TPSA) is 66.4 Å². The molecule has 0 amide bonds. The van der Waals surface area contributed by atoms with Crippen molar-refractivity contribution in [1.82, 2.24) is 0 Å². The van der Waals surface area contributed by atoms with Crippen LogP contribution in [-0.2, 0) is 14.3 Å². The molecule has 1 atom stereocenters. The van der Waals surface area contributed by atoms with Gasteiger partial charge in [-0.25, -0.2) is 0 Å². The minimum atomic E-state index is -1.50. The Morgan fingerprint density at radius 1 is 1.46 bits per heavy atom. The molecule has 0 heterocycles. The third-order valence-electron chi connectivity index (χ3n) is 2.12. The minimum Gasteiger partial charge on any atom is -0.549 e. The molecule has 0 aromatic carbocycles. The fourth-order valence-electron chi connectivity index (χ4n) is 1.04. The lowest BCUT2D eigenvalue weighted by Crippen LogP contribution is -2.46. The first kappa shape index (κ1) is 11.9. The third kappa shape index (κ3) is 2.72. The van der Waals surface area contributed by atoms with Crippen LogP contribution in [0.3, 0.4) is 0 Å². The second kappa shape index (κ2) is 4.84. The molecule has 0 saturated carbocycles. The van der Waals surface area contributed by atoms with E-state index in [1.807, 2.05) is 6.92 Å². The van der Waals surface area contributed by atoms with Gasteiger partial charge in [0.1, 0.15) is 5.41 Å². The van der Waals surface area contributed by atoms with E-state index >= 15 is 0 Å². The van der Waals surface area contributed by atoms with Gasteiger partial charge in [-0.2, -0.15) is 0 Å². The molecule has 0 aliphatic carbocycles. The summed E-state index contributed by atoms with van der Waals surface area (Å²) in [5, 5.41) is 10.7. The van der Waals surface area contributed by atoms with Crippen molar-refractivity contribution in [2.24, 2.45) is 5.41 Å². The van der Waals surface area contributed by atoms with Crippen molar-refractivity contribution < 1.29 is 19.4 Å². The van der Waals surface area contributed by atoms with Gasteiger partial charge in [0.15, 0.2) is 0 Å². The molecule has 0 rings (SSSR count). The highest BCUT2D eigenvalue weighted by atomic mass is 16.5. The number of methoxy groups -OCH3 is 1. The van der Waals surface area contributed by atoms with E-state index in [4.69, 9.17) is 0 Å². The molecule has 0 aromatic heterocycles. The fraction of sp³-hybridized carbons (Fsp3) is 0.778. The molecule has 0 radical (unpaired) electrons. The molecule has 0 bridgehead atoms. The summed E-state index contributed by atoms with van der Waals surface area (Å²) in [6, 6.07) is 0. The van der Waals surface area contributed by atoms with E-state index in [0.717, 1.165) is 6.42 Å². The first-order chi connectivity index (χ1) is 5.99. The molecule has 76 valence electrons. The monoisotopic (exact) mass is 187 g/mol. The van der Waals surface area contributed by atoms with Crippen LogP contribution in [-0.4, -0.2) is 19.0 Å². The second-order valence-corrected chi connectivity index (χ2v) is 3.21. The van der Waals surface area contributed by atoms with Gasteiger partial charge in [-0.3, -0.25) is 4.79 Å². The van der Waals surface area contributed by atoms with Crippen molar-refractivity contribution in [1.29, 1.82) is 0 Å². The number of hydrogen-bond donors (Lipinski definition) is 0. The fourth-order valence-corrected chi connectivity index (χ4v) is 1.04. The predicted molar refractivity (Wildman–Crippen MR) is 44.7 cm³/mol. The zero-order valence-corrected chi connectivity index (χ0v) is 8.25. The zero-order chi connectivity index (χ0) is 10.5. The molecule has 0 saturated heterocycles. The lowest BCUT2D eigenvalue weighted by atomic mass is 9.85. The van der Waals surface area contributed by atoms with Crippen molar-refractivity contribution in [3.05, 3.63) is 0 Å². The lowest BCUT2D eigenvalue weighted by Gasteiger charge is -2.27. The number of carbonyl (C=O) groups is 2. The first-order valence-corrected chi connectivity index (χ1v) is 4.29. The number of hydrogen-bond acceptors (Lipinski definition) is 4. The summed E-state index contributed by atoms with van der Waals surface area (Å²) < 4.78 is 4.41. The first-order valence-electron chi connectivity index (χ1n) is 4.29. The number of ether oxygens (including phenoxy) is 1. The van der Waals surface area contributed by atoms with Crippen LogP contribution in [0.2, 0.25) is 0 Å². The normalized spacial score (nSPS) is 14.7. The van der Waals surface area contributed by atoms with Gasteiger partial charge in [-0.15, -0.1) is 0 Å². The van der Waals surface area contributed by atoms with Crippen molar-refractivity contribution in [2.45, 2.75) is 33.1 Å². The highest BCUT2D eigenvalue weighted by molar-refractivity contribution is 5.97. The maximum Gasteiger partial charge on any atom is 0.317 e. The van der Waals surface area contributed by atoms with Gasteiger partial charge < -0.3 is 14.6 Å². The Bertz CT molecular complexity index is 200. The highest BCUT2D eigenvalue weighted by Crippen LogP contribution is 2.24. The predicted octanol–water partition coefficient (Wildman–Crippen LogP) is 0.106. The number of carboxylic acids is 1. The van der Waals surface area contributed by atoms with Gasteiger partial charge >= 0.3 is 5.97 Å². The van der Waals surface area contributed by atoms with Crippen LogP contribution in [0, 0.1) is 5.41 Å². The van der Waals surface area contributed by atoms with E-state index in [1.54, 1.807) is 0 Å². The van der Waals surface area contributed by atoms with Crippen LogP contribution < -0.4 is 5.11 Å². The highest BCUT2D eigenvalue weighted by Gasteiger charge is 2.35. The van der Waals surface area contributed by atoms with Crippen molar-refractivity contribution in [3.8, 4) is 0 Å². The van der Waals surface area contributed by atoms with E-state index in [1.165, 1.54) is 14.0 Å². The Morgan fingerprint density at radius 2 is 2.00 bits per heavy atom. The maximum absolute atomic E-state index is 11.1. The maximum atomic E-state index is 11.1. The average molecular weight is 187 g/mol. The van der Waals surface area contributed by atoms with Gasteiger partial charge in [-0.05, 0) is 13.3 Å². The number of aliphatic carboxylic acids is 1. The third-order valence-corrected chi connectivity index (χ3v) is 2.12. The molecule has 0 fully saturated rings. The quantitative estimate of drug-likeness (QED) is 0.452. The molecule has 0 aromatic rings. The molecular formula is C9H15O4-. The molecule has 0 unspecified atom stereocenters. The van der Waals surface area contributed by atoms with Crippen LogP contribution in [0.5, 0.6) is 0 Å². The Morgan fingerprint density at radius 3 is 2.31 bits per heavy atom. The molecule has 0 spiro atoms. The van der Waals surface area contributed by atoms with Crippen molar-refractivity contribution in [3.63, 3.8) is 0 Å². The Kier molecular flexibility index (Phi) is 4.45. The van der Waals surface area contributed by atoms with Crippen LogP contribution in [0.15, 0.2) is 0 Å². The van der Waals surface area contributed by atoms with Gasteiger partial charge in [0.05, 0.1) is 13.1 Å². The second-order valence-electron chi connectivity index (χ2n) is 3.21. The summed E-state index contributed by atoms with van der Waals surface area (Å²) in [5.41, 5.74) is -1.50. The lowest BCUT2D eigenvalue weighted by molar-refractivity contribution is -0.317. The number of carboxylic acid groups (broad SMARTS) is 1. The summed E-state index contributed by atoms with van der Waals surface area (Å²) in [5.74, 6) is -2.10. The SMILES string of the molecule is CCCC[C@@](C)(C(=O)[O-])C(=O)OC. The Hall–Kier alpha value is -1.06. The minimum absolute atomic E-state index is 0.262. The number of unbranched alkanes of at least 4 members (excludes halogenated alkanes) is 1. The van der Waals surface area contributed by atoms with Crippen molar-refractivity contribution >= 4 is 11.9 Å². The largest absolute Gasteiger partial charge is 0.549 e. The molecule has 0 aliphatic rings. The van der Waals surface area contributed by atoms with Gasteiger partial charge in [0, 0.05) is 0 Å². The summed E-state index contributed by atoms with van der Waals surface area (Å²) in [6.45, 7) is 3.26.